The van der Waals surface area contributed by atoms with Gasteiger partial charge in [0.2, 0.25) is 0 Å². The molecule has 2 aromatic rings. The monoisotopic (exact) mass is 265 g/mol. The molecule has 0 unspecified atom stereocenters. The molecule has 0 spiro atoms. The van der Waals surface area contributed by atoms with Crippen molar-refractivity contribution < 1.29 is 4.79 Å². The van der Waals surface area contributed by atoms with Crippen LogP contribution in [0.2, 0.25) is 0 Å². The van der Waals surface area contributed by atoms with E-state index in [0.717, 1.165) is 20.3 Å². The molecule has 0 N–H and O–H groups in total. The van der Waals surface area contributed by atoms with E-state index >= 15 is 0 Å². The number of benzene rings is 1. The fourth-order valence-corrected chi connectivity index (χ4v) is 3.46. The van der Waals surface area contributed by atoms with E-state index in [1.807, 2.05) is 37.3 Å². The molecular formula is C12H11NOSe. The van der Waals surface area contributed by atoms with Crippen molar-refractivity contribution in [2.45, 2.75) is 13.8 Å². The number of nitrogens with zero attached hydrogens (tertiary/aromatic N) is 1. The summed E-state index contributed by atoms with van der Waals surface area (Å²) in [5.41, 5.74) is 2.02. The molecule has 0 atom stereocenters. The van der Waals surface area contributed by atoms with Crippen LogP contribution in [-0.4, -0.2) is 25.3 Å². The summed E-state index contributed by atoms with van der Waals surface area (Å²) >= 11 is 0.0806. The average molecular weight is 264 g/mol. The maximum absolute atomic E-state index is 11.3. The van der Waals surface area contributed by atoms with Crippen molar-refractivity contribution >= 4 is 20.3 Å². The molecule has 0 aliphatic heterocycles. The molecule has 0 aliphatic rings. The van der Waals surface area contributed by atoms with Crippen molar-refractivity contribution in [2.24, 2.45) is 0 Å². The summed E-state index contributed by atoms with van der Waals surface area (Å²) in [7, 11) is 0. The van der Waals surface area contributed by atoms with E-state index in [0.29, 0.717) is 0 Å². The predicted molar refractivity (Wildman–Crippen MR) is 61.4 cm³/mol. The van der Waals surface area contributed by atoms with Crippen LogP contribution in [-0.2, 0) is 0 Å². The Morgan fingerprint density at radius 1 is 1.27 bits per heavy atom. The van der Waals surface area contributed by atoms with Gasteiger partial charge in [-0.1, -0.05) is 0 Å². The van der Waals surface area contributed by atoms with Crippen molar-refractivity contribution in [3.63, 3.8) is 0 Å². The molecule has 2 nitrogen and oxygen atoms in total. The molecule has 0 fully saturated rings. The molecule has 0 radical (unpaired) electrons. The van der Waals surface area contributed by atoms with E-state index in [1.54, 1.807) is 6.92 Å². The Hall–Kier alpha value is -1.18. The second-order valence-corrected chi connectivity index (χ2v) is 5.45. The first kappa shape index (κ1) is 10.3. The van der Waals surface area contributed by atoms with Crippen LogP contribution in [0.15, 0.2) is 30.3 Å². The Balaban J connectivity index is 2.48. The summed E-state index contributed by atoms with van der Waals surface area (Å²) in [4.78, 5) is 15.8. The molecule has 0 aliphatic carbocycles. The quantitative estimate of drug-likeness (QED) is 0.615. The predicted octanol–water partition coefficient (Wildman–Crippen LogP) is 2.32. The summed E-state index contributed by atoms with van der Waals surface area (Å²) in [5.74, 6) is 0.155. The number of Topliss-reactive ketones (excluding diaryl/α,β-unsaturated/α-hetero) is 1. The average Bonchev–Trinajstić information content (AvgIpc) is 2.62. The number of aryl methyl sites for hydroxylation is 1. The first-order valence-corrected chi connectivity index (χ1v) is 6.43. The number of ketones is 1. The van der Waals surface area contributed by atoms with E-state index in [2.05, 4.69) is 4.98 Å². The van der Waals surface area contributed by atoms with Crippen molar-refractivity contribution in [3.05, 3.63) is 40.5 Å². The third-order valence-electron chi connectivity index (χ3n) is 2.14. The molecule has 1 aromatic carbocycles. The van der Waals surface area contributed by atoms with Gasteiger partial charge in [-0.3, -0.25) is 0 Å². The van der Waals surface area contributed by atoms with Gasteiger partial charge in [0.1, 0.15) is 0 Å². The van der Waals surface area contributed by atoms with Gasteiger partial charge >= 0.3 is 94.5 Å². The summed E-state index contributed by atoms with van der Waals surface area (Å²) < 4.78 is 1.96. The molecule has 3 heteroatoms. The molecule has 0 saturated heterocycles. The zero-order chi connectivity index (χ0) is 10.8. The summed E-state index contributed by atoms with van der Waals surface area (Å²) in [6.07, 6.45) is 0. The van der Waals surface area contributed by atoms with Crippen LogP contribution >= 0.6 is 0 Å². The van der Waals surface area contributed by atoms with E-state index in [9.17, 15) is 4.79 Å². The van der Waals surface area contributed by atoms with Crippen LogP contribution < -0.4 is 0 Å². The van der Waals surface area contributed by atoms with Crippen molar-refractivity contribution in [1.29, 1.82) is 0 Å². The molecule has 0 amide bonds. The molecule has 76 valence electrons. The van der Waals surface area contributed by atoms with Gasteiger partial charge in [-0.25, -0.2) is 0 Å². The zero-order valence-corrected chi connectivity index (χ0v) is 10.4. The zero-order valence-electron chi connectivity index (χ0n) is 8.65. The summed E-state index contributed by atoms with van der Waals surface area (Å²) in [5, 5.41) is 0. The summed E-state index contributed by atoms with van der Waals surface area (Å²) in [6.45, 7) is 3.53. The van der Waals surface area contributed by atoms with Crippen LogP contribution in [0.3, 0.4) is 0 Å². The van der Waals surface area contributed by atoms with Crippen LogP contribution in [0.4, 0.5) is 0 Å². The third-order valence-corrected chi connectivity index (χ3v) is 4.88. The number of carbonyl (C=O) groups excluding carboxylic acids is 1. The van der Waals surface area contributed by atoms with Gasteiger partial charge in [-0.05, 0) is 0 Å². The Kier molecular flexibility index (Phi) is 2.85. The van der Waals surface area contributed by atoms with Crippen LogP contribution in [0.25, 0.3) is 10.1 Å². The number of carbonyl (C=O) groups is 1. The summed E-state index contributed by atoms with van der Waals surface area (Å²) in [6, 6.07) is 10.1. The minimum absolute atomic E-state index is 0.0806. The van der Waals surface area contributed by atoms with Crippen LogP contribution in [0.5, 0.6) is 0 Å². The second-order valence-electron chi connectivity index (χ2n) is 3.36. The van der Waals surface area contributed by atoms with E-state index in [1.165, 1.54) is 0 Å². The molecule has 2 rings (SSSR count). The maximum atomic E-state index is 11.3. The normalized spacial score (nSPS) is 10.3. The van der Waals surface area contributed by atoms with Crippen molar-refractivity contribution in [1.82, 2.24) is 4.98 Å². The Morgan fingerprint density at radius 3 is 2.47 bits per heavy atom. The van der Waals surface area contributed by atoms with E-state index < -0.39 is 0 Å². The SMILES string of the molecule is CC(=O)c1[se]c(-c2ccccc2)nc1C. The minimum atomic E-state index is 0.0806. The number of hydrogen-bond donors (Lipinski definition) is 0. The molecule has 0 saturated carbocycles. The van der Waals surface area contributed by atoms with E-state index in [-0.39, 0.29) is 20.3 Å². The third kappa shape index (κ3) is 2.09. The Labute approximate surface area is 94.7 Å². The first-order valence-electron chi connectivity index (χ1n) is 4.72. The second kappa shape index (κ2) is 4.13. The van der Waals surface area contributed by atoms with Crippen LogP contribution in [0.1, 0.15) is 21.8 Å². The Bertz CT molecular complexity index is 488. The van der Waals surface area contributed by atoms with Gasteiger partial charge in [-0.2, -0.15) is 0 Å². The molecule has 1 heterocycles. The molecule has 0 bridgehead atoms. The van der Waals surface area contributed by atoms with Crippen molar-refractivity contribution in [3.8, 4) is 10.1 Å². The number of hydrogen-bond acceptors (Lipinski definition) is 2. The van der Waals surface area contributed by atoms with Crippen LogP contribution in [0, 0.1) is 6.92 Å². The van der Waals surface area contributed by atoms with Gasteiger partial charge in [-0.15, -0.1) is 0 Å². The fourth-order valence-electron chi connectivity index (χ4n) is 1.43. The van der Waals surface area contributed by atoms with Gasteiger partial charge in [0.05, 0.1) is 0 Å². The van der Waals surface area contributed by atoms with Gasteiger partial charge in [0.25, 0.3) is 0 Å². The molecule has 15 heavy (non-hydrogen) atoms. The van der Waals surface area contributed by atoms with Gasteiger partial charge < -0.3 is 0 Å². The van der Waals surface area contributed by atoms with E-state index in [4.69, 9.17) is 0 Å². The topological polar surface area (TPSA) is 30.0 Å². The standard InChI is InChI=1S/C12H11NOSe/c1-8-11(9(2)14)15-12(13-8)10-6-4-3-5-7-10/h3-7H,1-2H3. The van der Waals surface area contributed by atoms with Gasteiger partial charge in [0, 0.05) is 0 Å². The fraction of sp³-hybridized carbons (Fsp3) is 0.167. The molecular weight excluding hydrogens is 253 g/mol. The van der Waals surface area contributed by atoms with Gasteiger partial charge in [0.15, 0.2) is 0 Å². The van der Waals surface area contributed by atoms with Crippen molar-refractivity contribution in [2.75, 3.05) is 0 Å². The molecule has 1 aromatic heterocycles. The number of rotatable bonds is 2. The Morgan fingerprint density at radius 2 is 1.93 bits per heavy atom. The number of aromatic nitrogens is 1. The first-order chi connectivity index (χ1) is 7.18.